The molecule has 1 spiro atoms. The van der Waals surface area contributed by atoms with Gasteiger partial charge in [0.25, 0.3) is 0 Å². The van der Waals surface area contributed by atoms with Gasteiger partial charge in [0.15, 0.2) is 11.6 Å². The maximum Gasteiger partial charge on any atom is 0.302 e. The minimum atomic E-state index is -0.818. The molecule has 35 heavy (non-hydrogen) atoms. The highest BCUT2D eigenvalue weighted by Gasteiger charge is 2.90. The lowest BCUT2D eigenvalue weighted by Crippen LogP contribution is -2.70. The van der Waals surface area contributed by atoms with Crippen molar-refractivity contribution in [3.8, 4) is 0 Å². The molecule has 0 bridgehead atoms. The van der Waals surface area contributed by atoms with E-state index in [0.717, 1.165) is 12.8 Å². The Balaban J connectivity index is 1.53. The van der Waals surface area contributed by atoms with E-state index in [1.165, 1.54) is 6.92 Å². The summed E-state index contributed by atoms with van der Waals surface area (Å²) in [6, 6.07) is 0. The molecule has 2 aliphatic heterocycles. The van der Waals surface area contributed by atoms with E-state index in [0.29, 0.717) is 18.5 Å². The standard InChI is InChI=1S/C28H35NO6/c1-14(30)34-19-13-17-24(2,3)18(31)8-10-25(17,4)16-7-11-26(5)20(15-9-12-29-23(15)33)21(32)22-28(26,35-22)27(16,19)6/h8-10,16-17,19-20,22H,7,11-13H2,1-6H3,(H,29,33)/t16-,17+,19-,20-,22-,25-,26+,27+,28-/m1/s1. The molecule has 3 saturated carbocycles. The Hall–Kier alpha value is -2.28. The quantitative estimate of drug-likeness (QED) is 0.481. The highest BCUT2D eigenvalue weighted by atomic mass is 16.6. The van der Waals surface area contributed by atoms with Gasteiger partial charge in [-0.3, -0.25) is 19.2 Å². The monoisotopic (exact) mass is 481 g/mol. The van der Waals surface area contributed by atoms with E-state index < -0.39 is 40.0 Å². The number of hydrogen-bond acceptors (Lipinski definition) is 6. The molecule has 2 heterocycles. The Morgan fingerprint density at radius 2 is 1.83 bits per heavy atom. The SMILES string of the molecule is CC(=O)O[C@@H]1C[C@H]2C(C)(C)C(=O)C=C[C@]2(C)[C@H]2CC[C@@]3(C)[C@H](C4=CCNC4=O)C(=O)[C@H]4O[C@]43[C@@]21C. The Bertz CT molecular complexity index is 1150. The molecule has 7 nitrogen and oxygen atoms in total. The van der Waals surface area contributed by atoms with Crippen LogP contribution in [0.3, 0.4) is 0 Å². The average Bonchev–Trinajstić information content (AvgIpc) is 3.36. The van der Waals surface area contributed by atoms with Gasteiger partial charge in [0.05, 0.1) is 5.92 Å². The number of ether oxygens (including phenoxy) is 2. The van der Waals surface area contributed by atoms with E-state index in [9.17, 15) is 19.2 Å². The molecule has 188 valence electrons. The zero-order valence-corrected chi connectivity index (χ0v) is 21.4. The second-order valence-corrected chi connectivity index (χ2v) is 12.9. The number of carbonyl (C=O) groups is 4. The van der Waals surface area contributed by atoms with Crippen molar-refractivity contribution in [2.75, 3.05) is 6.54 Å². The number of nitrogens with one attached hydrogen (secondary N) is 1. The fraction of sp³-hybridized carbons (Fsp3) is 0.714. The first-order valence-electron chi connectivity index (χ1n) is 12.9. The average molecular weight is 482 g/mol. The topological polar surface area (TPSA) is 102 Å². The summed E-state index contributed by atoms with van der Waals surface area (Å²) in [6.07, 6.45) is 6.60. The number of allylic oxidation sites excluding steroid dienone is 2. The summed E-state index contributed by atoms with van der Waals surface area (Å²) in [5.41, 5.74) is -2.40. The van der Waals surface area contributed by atoms with Crippen molar-refractivity contribution in [1.82, 2.24) is 5.32 Å². The zero-order chi connectivity index (χ0) is 25.3. The third-order valence-corrected chi connectivity index (χ3v) is 11.3. The molecule has 6 aliphatic rings. The van der Waals surface area contributed by atoms with Crippen molar-refractivity contribution in [3.05, 3.63) is 23.8 Å². The van der Waals surface area contributed by atoms with E-state index in [1.807, 2.05) is 19.9 Å². The number of rotatable bonds is 2. The molecule has 1 amide bonds. The van der Waals surface area contributed by atoms with Crippen LogP contribution in [0.5, 0.6) is 0 Å². The lowest BCUT2D eigenvalue weighted by molar-refractivity contribution is -0.234. The molecule has 1 saturated heterocycles. The third-order valence-electron chi connectivity index (χ3n) is 11.3. The third kappa shape index (κ3) is 2.37. The molecule has 0 radical (unpaired) electrons. The lowest BCUT2D eigenvalue weighted by atomic mass is 9.36. The van der Waals surface area contributed by atoms with Crippen molar-refractivity contribution in [1.29, 1.82) is 0 Å². The van der Waals surface area contributed by atoms with E-state index in [-0.39, 0.29) is 40.7 Å². The summed E-state index contributed by atoms with van der Waals surface area (Å²) < 4.78 is 12.6. The van der Waals surface area contributed by atoms with Gasteiger partial charge in [0, 0.05) is 35.3 Å². The maximum atomic E-state index is 13.8. The summed E-state index contributed by atoms with van der Waals surface area (Å²) in [7, 11) is 0. The second kappa shape index (κ2) is 6.53. The molecule has 7 heteroatoms. The summed E-state index contributed by atoms with van der Waals surface area (Å²) in [6.45, 7) is 12.3. The first kappa shape index (κ1) is 23.1. The van der Waals surface area contributed by atoms with Gasteiger partial charge >= 0.3 is 5.97 Å². The smallest absolute Gasteiger partial charge is 0.302 e. The number of hydrogen-bond donors (Lipinski definition) is 1. The van der Waals surface area contributed by atoms with Gasteiger partial charge in [-0.05, 0) is 42.6 Å². The van der Waals surface area contributed by atoms with Crippen molar-refractivity contribution >= 4 is 23.4 Å². The van der Waals surface area contributed by atoms with E-state index in [2.05, 4.69) is 32.2 Å². The Kier molecular flexibility index (Phi) is 4.32. The molecule has 0 aromatic carbocycles. The molecule has 9 atom stereocenters. The minimum Gasteiger partial charge on any atom is -0.462 e. The maximum absolute atomic E-state index is 13.8. The van der Waals surface area contributed by atoms with Crippen LogP contribution in [-0.2, 0) is 28.7 Å². The molecule has 4 aliphatic carbocycles. The number of fused-ring (bicyclic) bond motifs is 3. The molecule has 4 fully saturated rings. The molecular formula is C28H35NO6. The van der Waals surface area contributed by atoms with Crippen LogP contribution in [-0.4, -0.2) is 47.8 Å². The fourth-order valence-electron chi connectivity index (χ4n) is 9.77. The predicted molar refractivity (Wildman–Crippen MR) is 126 cm³/mol. The Morgan fingerprint density at radius 1 is 1.11 bits per heavy atom. The van der Waals surface area contributed by atoms with Crippen LogP contribution in [0, 0.1) is 39.4 Å². The Labute approximate surface area is 206 Å². The highest BCUT2D eigenvalue weighted by Crippen LogP contribution is 2.81. The van der Waals surface area contributed by atoms with Crippen LogP contribution in [0.4, 0.5) is 0 Å². The number of Topliss-reactive ketones (excluding diaryl/α,β-unsaturated/α-hetero) is 1. The molecule has 1 N–H and O–H groups in total. The number of amides is 1. The van der Waals surface area contributed by atoms with Crippen LogP contribution >= 0.6 is 0 Å². The molecule has 0 aromatic heterocycles. The summed E-state index contributed by atoms with van der Waals surface area (Å²) in [5, 5.41) is 2.83. The van der Waals surface area contributed by atoms with Gasteiger partial charge in [-0.1, -0.05) is 46.8 Å². The second-order valence-electron chi connectivity index (χ2n) is 12.9. The molecule has 0 unspecified atom stereocenters. The van der Waals surface area contributed by atoms with Gasteiger partial charge < -0.3 is 14.8 Å². The largest absolute Gasteiger partial charge is 0.462 e. The molecule has 0 aromatic rings. The fourth-order valence-corrected chi connectivity index (χ4v) is 9.77. The van der Waals surface area contributed by atoms with Crippen molar-refractivity contribution in [2.24, 2.45) is 39.4 Å². The van der Waals surface area contributed by atoms with Gasteiger partial charge in [0.2, 0.25) is 5.91 Å². The highest BCUT2D eigenvalue weighted by molar-refractivity contribution is 6.07. The van der Waals surface area contributed by atoms with Crippen LogP contribution in [0.25, 0.3) is 0 Å². The first-order valence-corrected chi connectivity index (χ1v) is 12.9. The van der Waals surface area contributed by atoms with E-state index in [4.69, 9.17) is 9.47 Å². The number of esters is 1. The zero-order valence-electron chi connectivity index (χ0n) is 21.4. The van der Waals surface area contributed by atoms with E-state index >= 15 is 0 Å². The normalized spacial score (nSPS) is 51.0. The van der Waals surface area contributed by atoms with Crippen LogP contribution in [0.1, 0.15) is 60.8 Å². The Morgan fingerprint density at radius 3 is 2.46 bits per heavy atom. The minimum absolute atomic E-state index is 0.0101. The summed E-state index contributed by atoms with van der Waals surface area (Å²) in [4.78, 5) is 51.8. The predicted octanol–water partition coefficient (Wildman–Crippen LogP) is 2.92. The summed E-state index contributed by atoms with van der Waals surface area (Å²) in [5.74, 6) is -0.961. The van der Waals surface area contributed by atoms with Crippen molar-refractivity contribution in [2.45, 2.75) is 78.6 Å². The van der Waals surface area contributed by atoms with E-state index in [1.54, 1.807) is 6.08 Å². The van der Waals surface area contributed by atoms with Crippen LogP contribution < -0.4 is 5.32 Å². The van der Waals surface area contributed by atoms with Gasteiger partial charge in [0.1, 0.15) is 17.8 Å². The van der Waals surface area contributed by atoms with Gasteiger partial charge in [-0.25, -0.2) is 0 Å². The van der Waals surface area contributed by atoms with Crippen molar-refractivity contribution in [3.63, 3.8) is 0 Å². The number of ketones is 2. The molecule has 6 rings (SSSR count). The van der Waals surface area contributed by atoms with Gasteiger partial charge in [-0.2, -0.15) is 0 Å². The molecular weight excluding hydrogens is 446 g/mol. The summed E-state index contributed by atoms with van der Waals surface area (Å²) >= 11 is 0. The number of carbonyl (C=O) groups excluding carboxylic acids is 4. The first-order chi connectivity index (χ1) is 16.3. The van der Waals surface area contributed by atoms with Crippen LogP contribution in [0.15, 0.2) is 23.8 Å². The van der Waals surface area contributed by atoms with Crippen molar-refractivity contribution < 1.29 is 28.7 Å². The number of epoxide rings is 1. The van der Waals surface area contributed by atoms with Gasteiger partial charge in [-0.15, -0.1) is 0 Å². The van der Waals surface area contributed by atoms with Crippen LogP contribution in [0.2, 0.25) is 0 Å². The lowest BCUT2D eigenvalue weighted by Gasteiger charge is -2.67.